The fraction of sp³-hybridized carbons (Fsp3) is 0.375. The van der Waals surface area contributed by atoms with Gasteiger partial charge in [-0.1, -0.05) is 0 Å². The van der Waals surface area contributed by atoms with Gasteiger partial charge in [-0.2, -0.15) is 5.10 Å². The predicted molar refractivity (Wildman–Crippen MR) is 86.0 cm³/mol. The van der Waals surface area contributed by atoms with E-state index in [1.54, 1.807) is 36.0 Å². The molecule has 0 spiro atoms. The minimum absolute atomic E-state index is 0.163. The van der Waals surface area contributed by atoms with Gasteiger partial charge in [0.1, 0.15) is 11.1 Å². The fourth-order valence-electron chi connectivity index (χ4n) is 2.11. The van der Waals surface area contributed by atoms with Gasteiger partial charge in [-0.25, -0.2) is 9.07 Å². The van der Waals surface area contributed by atoms with Crippen molar-refractivity contribution >= 4 is 16.7 Å². The van der Waals surface area contributed by atoms with Crippen molar-refractivity contribution in [2.24, 2.45) is 0 Å². The normalized spacial score (nSPS) is 16.8. The van der Waals surface area contributed by atoms with E-state index in [9.17, 15) is 13.4 Å². The van der Waals surface area contributed by atoms with Gasteiger partial charge in [0, 0.05) is 23.0 Å². The van der Waals surface area contributed by atoms with E-state index in [0.717, 1.165) is 18.5 Å². The Morgan fingerprint density at radius 3 is 2.74 bits per heavy atom. The molecular weight excluding hydrogens is 317 g/mol. The number of nitrogens with one attached hydrogen (secondary N) is 1. The van der Waals surface area contributed by atoms with E-state index >= 15 is 0 Å². The Kier molecular flexibility index (Phi) is 4.56. The standard InChI is InChI=1S/C16H18FN3O2S/c1-11(16(21)18-13-4-5-13)23(22)10-14-8-9-20(19-14)15-6-2-12(17)3-7-15/h2-3,6-9,11,13H,4-5,10H2,1H3,(H,18,21)/t11-,23+/m0/s1. The minimum Gasteiger partial charge on any atom is -0.352 e. The number of carbonyl (C=O) groups is 1. The number of hydrogen-bond donors (Lipinski definition) is 1. The van der Waals surface area contributed by atoms with Crippen molar-refractivity contribution < 1.29 is 13.4 Å². The Morgan fingerprint density at radius 2 is 2.09 bits per heavy atom. The smallest absolute Gasteiger partial charge is 0.235 e. The number of halogens is 1. The van der Waals surface area contributed by atoms with Gasteiger partial charge in [0.2, 0.25) is 5.91 Å². The highest BCUT2D eigenvalue weighted by atomic mass is 32.2. The van der Waals surface area contributed by atoms with Crippen LogP contribution in [0.3, 0.4) is 0 Å². The third kappa shape index (κ3) is 4.04. The van der Waals surface area contributed by atoms with Gasteiger partial charge in [-0.05, 0) is 50.1 Å². The molecule has 0 bridgehead atoms. The summed E-state index contributed by atoms with van der Waals surface area (Å²) >= 11 is 0. The molecule has 7 heteroatoms. The average molecular weight is 335 g/mol. The Labute approximate surface area is 136 Å². The first-order valence-corrected chi connectivity index (χ1v) is 8.89. The molecule has 0 saturated heterocycles. The molecule has 1 aromatic heterocycles. The summed E-state index contributed by atoms with van der Waals surface area (Å²) in [5.74, 6) is -0.255. The molecule has 3 rings (SSSR count). The van der Waals surface area contributed by atoms with E-state index in [2.05, 4.69) is 10.4 Å². The maximum atomic E-state index is 12.9. The first kappa shape index (κ1) is 15.9. The van der Waals surface area contributed by atoms with Crippen molar-refractivity contribution in [2.45, 2.75) is 36.8 Å². The monoisotopic (exact) mass is 335 g/mol. The second-order valence-electron chi connectivity index (χ2n) is 5.68. The molecule has 122 valence electrons. The van der Waals surface area contributed by atoms with Crippen molar-refractivity contribution in [3.63, 3.8) is 0 Å². The van der Waals surface area contributed by atoms with Gasteiger partial charge in [0.15, 0.2) is 0 Å². The van der Waals surface area contributed by atoms with Crippen LogP contribution in [0.4, 0.5) is 4.39 Å². The molecule has 2 aromatic rings. The largest absolute Gasteiger partial charge is 0.352 e. The third-order valence-electron chi connectivity index (χ3n) is 3.71. The first-order chi connectivity index (χ1) is 11.0. The zero-order chi connectivity index (χ0) is 16.4. The van der Waals surface area contributed by atoms with Crippen molar-refractivity contribution in [3.8, 4) is 5.69 Å². The van der Waals surface area contributed by atoms with E-state index in [1.807, 2.05) is 0 Å². The van der Waals surface area contributed by atoms with E-state index in [4.69, 9.17) is 0 Å². The quantitative estimate of drug-likeness (QED) is 0.877. The maximum Gasteiger partial charge on any atom is 0.235 e. The zero-order valence-electron chi connectivity index (χ0n) is 12.7. The highest BCUT2D eigenvalue weighted by Gasteiger charge is 2.28. The van der Waals surface area contributed by atoms with E-state index < -0.39 is 16.0 Å². The van der Waals surface area contributed by atoms with Gasteiger partial charge >= 0.3 is 0 Å². The second kappa shape index (κ2) is 6.62. The number of aromatic nitrogens is 2. The molecule has 1 aromatic carbocycles. The fourth-order valence-corrected chi connectivity index (χ4v) is 3.11. The topological polar surface area (TPSA) is 64.0 Å². The van der Waals surface area contributed by atoms with Gasteiger partial charge in [0.05, 0.1) is 17.1 Å². The Morgan fingerprint density at radius 1 is 1.39 bits per heavy atom. The van der Waals surface area contributed by atoms with Gasteiger partial charge in [0.25, 0.3) is 0 Å². The third-order valence-corrected chi connectivity index (χ3v) is 5.30. The molecule has 1 fully saturated rings. The molecule has 1 N–H and O–H groups in total. The molecule has 2 atom stereocenters. The summed E-state index contributed by atoms with van der Waals surface area (Å²) in [7, 11) is -1.33. The van der Waals surface area contributed by atoms with E-state index in [0.29, 0.717) is 5.69 Å². The number of benzene rings is 1. The van der Waals surface area contributed by atoms with Crippen molar-refractivity contribution in [2.75, 3.05) is 0 Å². The highest BCUT2D eigenvalue weighted by Crippen LogP contribution is 2.19. The van der Waals surface area contributed by atoms with Crippen molar-refractivity contribution in [1.29, 1.82) is 0 Å². The van der Waals surface area contributed by atoms with Crippen molar-refractivity contribution in [1.82, 2.24) is 15.1 Å². The lowest BCUT2D eigenvalue weighted by Crippen LogP contribution is -2.37. The lowest BCUT2D eigenvalue weighted by Gasteiger charge is -2.10. The molecule has 23 heavy (non-hydrogen) atoms. The number of carbonyl (C=O) groups excluding carboxylic acids is 1. The van der Waals surface area contributed by atoms with Crippen LogP contribution in [0.1, 0.15) is 25.5 Å². The summed E-state index contributed by atoms with van der Waals surface area (Å²) < 4.78 is 26.8. The summed E-state index contributed by atoms with van der Waals surface area (Å²) in [4.78, 5) is 11.9. The van der Waals surface area contributed by atoms with Crippen LogP contribution in [0.2, 0.25) is 0 Å². The zero-order valence-corrected chi connectivity index (χ0v) is 13.6. The van der Waals surface area contributed by atoms with Crippen LogP contribution < -0.4 is 5.32 Å². The maximum absolute atomic E-state index is 12.9. The first-order valence-electron chi connectivity index (χ1n) is 7.51. The number of nitrogens with zero attached hydrogens (tertiary/aromatic N) is 2. The van der Waals surface area contributed by atoms with Gasteiger partial charge < -0.3 is 5.32 Å². The summed E-state index contributed by atoms with van der Waals surface area (Å²) in [6.45, 7) is 1.67. The van der Waals surface area contributed by atoms with Gasteiger partial charge in [-0.15, -0.1) is 0 Å². The molecule has 1 heterocycles. The summed E-state index contributed by atoms with van der Waals surface area (Å²) in [5.41, 5.74) is 1.36. The van der Waals surface area contributed by atoms with Crippen LogP contribution in [-0.4, -0.2) is 31.2 Å². The van der Waals surface area contributed by atoms with Crippen LogP contribution in [0, 0.1) is 5.82 Å². The van der Waals surface area contributed by atoms with Crippen LogP contribution in [0.5, 0.6) is 0 Å². The molecule has 1 aliphatic rings. The number of hydrogen-bond acceptors (Lipinski definition) is 3. The summed E-state index contributed by atoms with van der Waals surface area (Å²) in [5, 5.41) is 6.63. The van der Waals surface area contributed by atoms with Gasteiger partial charge in [-0.3, -0.25) is 9.00 Å². The number of rotatable bonds is 6. The molecule has 0 radical (unpaired) electrons. The second-order valence-corrected chi connectivity index (χ2v) is 7.44. The van der Waals surface area contributed by atoms with Crippen LogP contribution in [0.15, 0.2) is 36.5 Å². The highest BCUT2D eigenvalue weighted by molar-refractivity contribution is 7.85. The predicted octanol–water partition coefficient (Wildman–Crippen LogP) is 1.93. The lowest BCUT2D eigenvalue weighted by molar-refractivity contribution is -0.120. The van der Waals surface area contributed by atoms with E-state index in [1.165, 1.54) is 12.1 Å². The Balaban J connectivity index is 1.62. The molecule has 1 aliphatic carbocycles. The average Bonchev–Trinajstić information content (AvgIpc) is 3.23. The lowest BCUT2D eigenvalue weighted by atomic mass is 10.3. The summed E-state index contributed by atoms with van der Waals surface area (Å²) in [6.07, 6.45) is 3.75. The summed E-state index contributed by atoms with van der Waals surface area (Å²) in [6, 6.07) is 7.98. The Bertz CT molecular complexity index is 725. The van der Waals surface area contributed by atoms with E-state index in [-0.39, 0.29) is 23.5 Å². The molecule has 1 amide bonds. The molecule has 0 aliphatic heterocycles. The van der Waals surface area contributed by atoms with Crippen molar-refractivity contribution in [3.05, 3.63) is 48.0 Å². The minimum atomic E-state index is -1.33. The number of amides is 1. The van der Waals surface area contributed by atoms with Crippen LogP contribution in [-0.2, 0) is 21.3 Å². The molecular formula is C16H18FN3O2S. The Hall–Kier alpha value is -2.02. The molecule has 5 nitrogen and oxygen atoms in total. The SMILES string of the molecule is C[C@@H](C(=O)NC1CC1)[S@](=O)Cc1ccn(-c2ccc(F)cc2)n1. The molecule has 0 unspecified atom stereocenters. The van der Waals surface area contributed by atoms with Crippen LogP contribution >= 0.6 is 0 Å². The molecule has 1 saturated carbocycles. The van der Waals surface area contributed by atoms with Crippen LogP contribution in [0.25, 0.3) is 5.69 Å².